The summed E-state index contributed by atoms with van der Waals surface area (Å²) in [6, 6.07) is 8.91. The zero-order valence-corrected chi connectivity index (χ0v) is 15.9. The number of hydrogen-bond donors (Lipinski definition) is 1. The number of benzene rings is 2. The van der Waals surface area contributed by atoms with Crippen LogP contribution < -0.4 is 5.14 Å². The Morgan fingerprint density at radius 3 is 2.52 bits per heavy atom. The average molecular weight is 439 g/mol. The number of esters is 1. The van der Waals surface area contributed by atoms with Gasteiger partial charge in [0.15, 0.2) is 6.61 Å². The highest BCUT2D eigenvalue weighted by atomic mass is 35.5. The van der Waals surface area contributed by atoms with Crippen molar-refractivity contribution in [3.8, 4) is 11.5 Å². The normalized spacial score (nSPS) is 11.2. The number of halogens is 1. The number of nitro groups is 1. The standard InChI is InChI=1S/C16H11ClN4O7S/c17-12-6-3-10(7-13(12)29(18,25)26)16(22)27-8-14-19-20-15(28-14)9-1-4-11(5-2-9)21(23)24/h1-7H,8H2,(H2,18,25,26). The van der Waals surface area contributed by atoms with Crippen molar-refractivity contribution in [3.63, 3.8) is 0 Å². The number of ether oxygens (including phenoxy) is 1. The quantitative estimate of drug-likeness (QED) is 0.344. The summed E-state index contributed by atoms with van der Waals surface area (Å²) in [7, 11) is -4.12. The molecule has 0 atom stereocenters. The van der Waals surface area contributed by atoms with Crippen molar-refractivity contribution in [1.29, 1.82) is 0 Å². The summed E-state index contributed by atoms with van der Waals surface area (Å²) < 4.78 is 33.3. The van der Waals surface area contributed by atoms with Gasteiger partial charge in [-0.3, -0.25) is 10.1 Å². The third-order valence-corrected chi connectivity index (χ3v) is 4.98. The van der Waals surface area contributed by atoms with Crippen LogP contribution in [0.4, 0.5) is 5.69 Å². The van der Waals surface area contributed by atoms with E-state index in [4.69, 9.17) is 25.9 Å². The minimum Gasteiger partial charge on any atom is -0.452 e. The second kappa shape index (κ2) is 7.95. The third-order valence-electron chi connectivity index (χ3n) is 3.59. The van der Waals surface area contributed by atoms with E-state index in [2.05, 4.69) is 10.2 Å². The third kappa shape index (κ3) is 4.74. The number of primary sulfonamides is 1. The molecular weight excluding hydrogens is 428 g/mol. The van der Waals surface area contributed by atoms with E-state index in [1.54, 1.807) is 0 Å². The van der Waals surface area contributed by atoms with Crippen LogP contribution in [0.3, 0.4) is 0 Å². The van der Waals surface area contributed by atoms with E-state index in [1.165, 1.54) is 36.4 Å². The van der Waals surface area contributed by atoms with Gasteiger partial charge in [-0.2, -0.15) is 0 Å². The van der Waals surface area contributed by atoms with Crippen LogP contribution in [0.1, 0.15) is 16.2 Å². The lowest BCUT2D eigenvalue weighted by Crippen LogP contribution is -2.14. The first-order valence-corrected chi connectivity index (χ1v) is 9.64. The van der Waals surface area contributed by atoms with Crippen molar-refractivity contribution in [2.75, 3.05) is 0 Å². The first kappa shape index (κ1) is 20.4. The van der Waals surface area contributed by atoms with Crippen LogP contribution in [-0.4, -0.2) is 29.5 Å². The van der Waals surface area contributed by atoms with Crippen LogP contribution in [0.25, 0.3) is 11.5 Å². The second-order valence-electron chi connectivity index (χ2n) is 5.57. The second-order valence-corrected chi connectivity index (χ2v) is 7.51. The molecule has 3 aromatic rings. The SMILES string of the molecule is NS(=O)(=O)c1cc(C(=O)OCc2nnc(-c3ccc([N+](=O)[O-])cc3)o2)ccc1Cl. The van der Waals surface area contributed by atoms with Crippen molar-refractivity contribution in [2.45, 2.75) is 11.5 Å². The first-order chi connectivity index (χ1) is 13.6. The van der Waals surface area contributed by atoms with Gasteiger partial charge in [-0.15, -0.1) is 10.2 Å². The van der Waals surface area contributed by atoms with Crippen LogP contribution in [0.2, 0.25) is 5.02 Å². The fourth-order valence-electron chi connectivity index (χ4n) is 2.21. The summed E-state index contributed by atoms with van der Waals surface area (Å²) >= 11 is 5.76. The van der Waals surface area contributed by atoms with Gasteiger partial charge in [-0.05, 0) is 30.3 Å². The number of sulfonamides is 1. The largest absolute Gasteiger partial charge is 0.452 e. The molecule has 0 amide bonds. The zero-order chi connectivity index (χ0) is 21.2. The highest BCUT2D eigenvalue weighted by Gasteiger charge is 2.18. The van der Waals surface area contributed by atoms with Crippen LogP contribution in [0.5, 0.6) is 0 Å². The molecule has 0 aliphatic heterocycles. The van der Waals surface area contributed by atoms with E-state index < -0.39 is 25.8 Å². The molecule has 0 saturated carbocycles. The Labute approximate surface area is 168 Å². The van der Waals surface area contributed by atoms with Gasteiger partial charge in [0.25, 0.3) is 11.6 Å². The summed E-state index contributed by atoms with van der Waals surface area (Å²) in [6.45, 7) is -0.383. The number of nitrogens with zero attached hydrogens (tertiary/aromatic N) is 3. The van der Waals surface area contributed by atoms with Crippen molar-refractivity contribution in [2.24, 2.45) is 5.14 Å². The molecule has 29 heavy (non-hydrogen) atoms. The molecule has 0 aliphatic rings. The number of nitro benzene ring substituents is 1. The van der Waals surface area contributed by atoms with Gasteiger partial charge in [-0.1, -0.05) is 11.6 Å². The monoisotopic (exact) mass is 438 g/mol. The smallest absolute Gasteiger partial charge is 0.338 e. The Morgan fingerprint density at radius 1 is 1.21 bits per heavy atom. The van der Waals surface area contributed by atoms with E-state index >= 15 is 0 Å². The molecule has 0 unspecified atom stereocenters. The summed E-state index contributed by atoms with van der Waals surface area (Å²) in [5.41, 5.74) is 0.258. The van der Waals surface area contributed by atoms with E-state index in [0.717, 1.165) is 6.07 Å². The molecule has 0 aliphatic carbocycles. The highest BCUT2D eigenvalue weighted by molar-refractivity contribution is 7.89. The van der Waals surface area contributed by atoms with Crippen LogP contribution in [0.15, 0.2) is 51.8 Å². The molecule has 13 heteroatoms. The molecule has 150 valence electrons. The number of nitrogens with two attached hydrogens (primary N) is 1. The maximum atomic E-state index is 12.1. The Bertz CT molecular complexity index is 1190. The number of carbonyl (C=O) groups is 1. The van der Waals surface area contributed by atoms with Gasteiger partial charge < -0.3 is 9.15 Å². The maximum Gasteiger partial charge on any atom is 0.338 e. The molecule has 0 saturated heterocycles. The Balaban J connectivity index is 1.70. The Morgan fingerprint density at radius 2 is 1.90 bits per heavy atom. The molecule has 1 heterocycles. The molecule has 3 rings (SSSR count). The van der Waals surface area contributed by atoms with Crippen LogP contribution in [-0.2, 0) is 21.4 Å². The number of non-ortho nitro benzene ring substituents is 1. The molecule has 11 nitrogen and oxygen atoms in total. The topological polar surface area (TPSA) is 169 Å². The van der Waals surface area contributed by atoms with Crippen molar-refractivity contribution in [1.82, 2.24) is 10.2 Å². The van der Waals surface area contributed by atoms with Gasteiger partial charge in [0, 0.05) is 17.7 Å². The fraction of sp³-hybridized carbons (Fsp3) is 0.0625. The molecule has 2 aromatic carbocycles. The number of rotatable bonds is 6. The van der Waals surface area contributed by atoms with Gasteiger partial charge in [0.1, 0.15) is 4.90 Å². The fourth-order valence-corrected chi connectivity index (χ4v) is 3.28. The number of hydrogen-bond acceptors (Lipinski definition) is 9. The van der Waals surface area contributed by atoms with Gasteiger partial charge in [0.2, 0.25) is 15.9 Å². The van der Waals surface area contributed by atoms with Crippen molar-refractivity contribution < 1.29 is 27.3 Å². The lowest BCUT2D eigenvalue weighted by Gasteiger charge is -2.05. The number of carbonyl (C=O) groups excluding carboxylic acids is 1. The van der Waals surface area contributed by atoms with Crippen molar-refractivity contribution in [3.05, 3.63) is 69.1 Å². The predicted octanol–water partition coefficient (Wildman–Crippen LogP) is 2.30. The van der Waals surface area contributed by atoms with Gasteiger partial charge in [0.05, 0.1) is 15.5 Å². The van der Waals surface area contributed by atoms with Crippen LogP contribution >= 0.6 is 11.6 Å². The average Bonchev–Trinajstić information content (AvgIpc) is 3.14. The van der Waals surface area contributed by atoms with E-state index in [-0.39, 0.29) is 34.7 Å². The Kier molecular flexibility index (Phi) is 5.59. The van der Waals surface area contributed by atoms with Crippen LogP contribution in [0, 0.1) is 10.1 Å². The molecule has 0 spiro atoms. The summed E-state index contributed by atoms with van der Waals surface area (Å²) in [5, 5.41) is 23.1. The molecule has 0 bridgehead atoms. The molecule has 0 fully saturated rings. The number of aromatic nitrogens is 2. The molecule has 1 aromatic heterocycles. The van der Waals surface area contributed by atoms with E-state index in [1.807, 2.05) is 0 Å². The molecule has 0 radical (unpaired) electrons. The van der Waals surface area contributed by atoms with E-state index in [9.17, 15) is 23.3 Å². The van der Waals surface area contributed by atoms with Gasteiger partial charge in [-0.25, -0.2) is 18.4 Å². The minimum atomic E-state index is -4.12. The lowest BCUT2D eigenvalue weighted by molar-refractivity contribution is -0.384. The minimum absolute atomic E-state index is 0.0349. The highest BCUT2D eigenvalue weighted by Crippen LogP contribution is 2.23. The maximum absolute atomic E-state index is 12.1. The van der Waals surface area contributed by atoms with Crippen molar-refractivity contribution >= 4 is 33.3 Å². The summed E-state index contributed by atoms with van der Waals surface area (Å²) in [6.07, 6.45) is 0. The summed E-state index contributed by atoms with van der Waals surface area (Å²) in [5.74, 6) is -0.817. The summed E-state index contributed by atoms with van der Waals surface area (Å²) in [4.78, 5) is 21.9. The van der Waals surface area contributed by atoms with E-state index in [0.29, 0.717) is 5.56 Å². The lowest BCUT2D eigenvalue weighted by atomic mass is 10.2. The van der Waals surface area contributed by atoms with Gasteiger partial charge >= 0.3 is 5.97 Å². The predicted molar refractivity (Wildman–Crippen MR) is 98.3 cm³/mol. The first-order valence-electron chi connectivity index (χ1n) is 7.72. The zero-order valence-electron chi connectivity index (χ0n) is 14.3. The Hall–Kier alpha value is -3.35. The molecular formula is C16H11ClN4O7S. The molecule has 2 N–H and O–H groups in total.